The molecule has 1 saturated heterocycles. The van der Waals surface area contributed by atoms with Crippen LogP contribution in [0, 0.1) is 0 Å². The number of nitrogens with one attached hydrogen (secondary N) is 1. The first-order valence-electron chi connectivity index (χ1n) is 6.78. The van der Waals surface area contributed by atoms with Crippen molar-refractivity contribution in [1.82, 2.24) is 10.2 Å². The van der Waals surface area contributed by atoms with Crippen LogP contribution < -0.4 is 10.2 Å². The third-order valence-corrected chi connectivity index (χ3v) is 3.79. The van der Waals surface area contributed by atoms with Gasteiger partial charge in [0.2, 0.25) is 0 Å². The largest absolute Gasteiger partial charge is 0.378 e. The predicted molar refractivity (Wildman–Crippen MR) is 78.2 cm³/mol. The van der Waals surface area contributed by atoms with Crippen LogP contribution in [0.2, 0.25) is 0 Å². The van der Waals surface area contributed by atoms with Crippen molar-refractivity contribution in [2.45, 2.75) is 25.4 Å². The number of rotatable bonds is 4. The summed E-state index contributed by atoms with van der Waals surface area (Å²) in [6, 6.07) is 9.90. The summed E-state index contributed by atoms with van der Waals surface area (Å²) in [5.41, 5.74) is 2.63. The van der Waals surface area contributed by atoms with E-state index < -0.39 is 0 Å². The number of likely N-dealkylation sites (tertiary alicyclic amines) is 1. The van der Waals surface area contributed by atoms with Crippen LogP contribution >= 0.6 is 0 Å². The van der Waals surface area contributed by atoms with E-state index in [1.54, 1.807) is 0 Å². The van der Waals surface area contributed by atoms with Gasteiger partial charge < -0.3 is 15.1 Å². The predicted octanol–water partition coefficient (Wildman–Crippen LogP) is 2.11. The van der Waals surface area contributed by atoms with Crippen molar-refractivity contribution in [3.8, 4) is 0 Å². The van der Waals surface area contributed by atoms with E-state index in [1.165, 1.54) is 30.8 Å². The molecule has 2 rings (SSSR count). The molecule has 1 fully saturated rings. The molecule has 0 amide bonds. The fraction of sp³-hybridized carbons (Fsp3) is 0.600. The molecule has 18 heavy (non-hydrogen) atoms. The van der Waals surface area contributed by atoms with Gasteiger partial charge in [-0.25, -0.2) is 0 Å². The summed E-state index contributed by atoms with van der Waals surface area (Å²) in [5.74, 6) is 0. The van der Waals surface area contributed by atoms with Crippen molar-refractivity contribution >= 4 is 5.69 Å². The number of likely N-dealkylation sites (N-methyl/N-ethyl adjacent to an activating group) is 1. The number of benzene rings is 1. The zero-order chi connectivity index (χ0) is 13.1. The van der Waals surface area contributed by atoms with Crippen LogP contribution in [-0.2, 0) is 0 Å². The summed E-state index contributed by atoms with van der Waals surface area (Å²) in [6.07, 6.45) is 1.26. The van der Waals surface area contributed by atoms with E-state index in [9.17, 15) is 0 Å². The van der Waals surface area contributed by atoms with Gasteiger partial charge >= 0.3 is 0 Å². The van der Waals surface area contributed by atoms with Crippen molar-refractivity contribution in [2.24, 2.45) is 0 Å². The second kappa shape index (κ2) is 5.72. The monoisotopic (exact) mass is 247 g/mol. The van der Waals surface area contributed by atoms with Crippen molar-refractivity contribution in [2.75, 3.05) is 39.1 Å². The molecule has 1 aromatic rings. The summed E-state index contributed by atoms with van der Waals surface area (Å²) < 4.78 is 0. The lowest BCUT2D eigenvalue weighted by atomic mass is 10.1. The molecule has 2 unspecified atom stereocenters. The second-order valence-corrected chi connectivity index (χ2v) is 5.62. The first-order valence-corrected chi connectivity index (χ1v) is 6.78. The summed E-state index contributed by atoms with van der Waals surface area (Å²) in [7, 11) is 6.34. The number of anilines is 1. The summed E-state index contributed by atoms with van der Waals surface area (Å²) in [6.45, 7) is 4.63. The maximum absolute atomic E-state index is 3.72. The molecule has 0 bridgehead atoms. The van der Waals surface area contributed by atoms with Gasteiger partial charge in [-0.3, -0.25) is 0 Å². The minimum Gasteiger partial charge on any atom is -0.378 e. The molecule has 0 aromatic heterocycles. The van der Waals surface area contributed by atoms with E-state index in [1.807, 2.05) is 0 Å². The first-order chi connectivity index (χ1) is 8.56. The Labute approximate surface area is 111 Å². The van der Waals surface area contributed by atoms with Gasteiger partial charge in [0, 0.05) is 38.4 Å². The SMILES string of the molecule is CC(NC1CCN(C)C1)c1ccc(N(C)C)cc1. The van der Waals surface area contributed by atoms with E-state index in [0.717, 1.165) is 0 Å². The van der Waals surface area contributed by atoms with Crippen molar-refractivity contribution < 1.29 is 0 Å². The van der Waals surface area contributed by atoms with E-state index >= 15 is 0 Å². The highest BCUT2D eigenvalue weighted by atomic mass is 15.2. The average Bonchev–Trinajstić information content (AvgIpc) is 2.75. The Morgan fingerprint density at radius 2 is 1.94 bits per heavy atom. The highest BCUT2D eigenvalue weighted by Gasteiger charge is 2.20. The maximum atomic E-state index is 3.72. The molecule has 1 aliphatic heterocycles. The fourth-order valence-corrected chi connectivity index (χ4v) is 2.58. The van der Waals surface area contributed by atoms with Crippen LogP contribution in [0.25, 0.3) is 0 Å². The number of nitrogens with zero attached hydrogens (tertiary/aromatic N) is 2. The normalized spacial score (nSPS) is 22.1. The van der Waals surface area contributed by atoms with Gasteiger partial charge in [-0.2, -0.15) is 0 Å². The summed E-state index contributed by atoms with van der Waals surface area (Å²) in [4.78, 5) is 4.52. The van der Waals surface area contributed by atoms with Gasteiger partial charge in [0.25, 0.3) is 0 Å². The van der Waals surface area contributed by atoms with Crippen LogP contribution in [0.5, 0.6) is 0 Å². The zero-order valence-corrected chi connectivity index (χ0v) is 12.0. The Hall–Kier alpha value is -1.06. The molecule has 1 aliphatic rings. The molecule has 1 aromatic carbocycles. The number of hydrogen-bond donors (Lipinski definition) is 1. The van der Waals surface area contributed by atoms with Gasteiger partial charge in [0.1, 0.15) is 0 Å². The topological polar surface area (TPSA) is 18.5 Å². The standard InChI is InChI=1S/C15H25N3/c1-12(16-14-9-10-18(4)11-14)13-5-7-15(8-6-13)17(2)3/h5-8,12,14,16H,9-11H2,1-4H3. The maximum Gasteiger partial charge on any atom is 0.0361 e. The van der Waals surface area contributed by atoms with Gasteiger partial charge in [-0.1, -0.05) is 12.1 Å². The van der Waals surface area contributed by atoms with E-state index in [4.69, 9.17) is 0 Å². The van der Waals surface area contributed by atoms with Gasteiger partial charge in [0.15, 0.2) is 0 Å². The molecule has 3 heteroatoms. The number of hydrogen-bond acceptors (Lipinski definition) is 3. The molecule has 0 saturated carbocycles. The smallest absolute Gasteiger partial charge is 0.0361 e. The van der Waals surface area contributed by atoms with Crippen LogP contribution in [0.3, 0.4) is 0 Å². The van der Waals surface area contributed by atoms with Gasteiger partial charge in [0.05, 0.1) is 0 Å². The molecule has 0 radical (unpaired) electrons. The van der Waals surface area contributed by atoms with Crippen LogP contribution in [0.4, 0.5) is 5.69 Å². The van der Waals surface area contributed by atoms with Crippen molar-refractivity contribution in [3.05, 3.63) is 29.8 Å². The van der Waals surface area contributed by atoms with E-state index in [-0.39, 0.29) is 0 Å². The minimum absolute atomic E-state index is 0.428. The molecule has 0 aliphatic carbocycles. The van der Waals surface area contributed by atoms with Gasteiger partial charge in [-0.15, -0.1) is 0 Å². The van der Waals surface area contributed by atoms with E-state index in [2.05, 4.69) is 67.4 Å². The van der Waals surface area contributed by atoms with Crippen molar-refractivity contribution in [3.63, 3.8) is 0 Å². The fourth-order valence-electron chi connectivity index (χ4n) is 2.58. The minimum atomic E-state index is 0.428. The second-order valence-electron chi connectivity index (χ2n) is 5.62. The molecule has 2 atom stereocenters. The lowest BCUT2D eigenvalue weighted by molar-refractivity contribution is 0.387. The van der Waals surface area contributed by atoms with Crippen LogP contribution in [-0.4, -0.2) is 45.2 Å². The van der Waals surface area contributed by atoms with E-state index in [0.29, 0.717) is 12.1 Å². The van der Waals surface area contributed by atoms with Gasteiger partial charge in [-0.05, 0) is 44.6 Å². The lowest BCUT2D eigenvalue weighted by Crippen LogP contribution is -2.33. The quantitative estimate of drug-likeness (QED) is 0.879. The highest BCUT2D eigenvalue weighted by molar-refractivity contribution is 5.46. The van der Waals surface area contributed by atoms with Crippen LogP contribution in [0.1, 0.15) is 24.9 Å². The Morgan fingerprint density at radius 3 is 2.44 bits per heavy atom. The Balaban J connectivity index is 1.94. The molecule has 1 heterocycles. The highest BCUT2D eigenvalue weighted by Crippen LogP contribution is 2.19. The third-order valence-electron chi connectivity index (χ3n) is 3.79. The molecule has 100 valence electrons. The molecule has 0 spiro atoms. The molecular formula is C15H25N3. The molecular weight excluding hydrogens is 222 g/mol. The zero-order valence-electron chi connectivity index (χ0n) is 12.0. The van der Waals surface area contributed by atoms with Crippen LogP contribution in [0.15, 0.2) is 24.3 Å². The summed E-state index contributed by atoms with van der Waals surface area (Å²) in [5, 5.41) is 3.72. The van der Waals surface area contributed by atoms with Crippen molar-refractivity contribution in [1.29, 1.82) is 0 Å². The Bertz CT molecular complexity index is 372. The first kappa shape index (κ1) is 13.4. The Kier molecular flexibility index (Phi) is 4.25. The molecule has 3 nitrogen and oxygen atoms in total. The molecule has 1 N–H and O–H groups in total. The third kappa shape index (κ3) is 3.24. The summed E-state index contributed by atoms with van der Waals surface area (Å²) >= 11 is 0. The lowest BCUT2D eigenvalue weighted by Gasteiger charge is -2.21. The Morgan fingerprint density at radius 1 is 1.28 bits per heavy atom. The average molecular weight is 247 g/mol.